The number of rotatable bonds is 2. The number of nitrogens with one attached hydrogen (secondary N) is 1. The van der Waals surface area contributed by atoms with Gasteiger partial charge in [0.15, 0.2) is 5.82 Å². The fourth-order valence-corrected chi connectivity index (χ4v) is 1.79. The molecule has 3 heterocycles. The fourth-order valence-electron chi connectivity index (χ4n) is 1.79. The topological polar surface area (TPSA) is 72.3 Å². The molecule has 0 aliphatic carbocycles. The van der Waals surface area contributed by atoms with Gasteiger partial charge in [0.05, 0.1) is 19.5 Å². The van der Waals surface area contributed by atoms with Gasteiger partial charge in [-0.1, -0.05) is 0 Å². The van der Waals surface area contributed by atoms with Gasteiger partial charge in [-0.2, -0.15) is 0 Å². The predicted octanol–water partition coefficient (Wildman–Crippen LogP) is 1.23. The van der Waals surface area contributed by atoms with Gasteiger partial charge in [0.25, 0.3) is 5.56 Å². The molecule has 19 heavy (non-hydrogen) atoms. The molecule has 0 saturated heterocycles. The van der Waals surface area contributed by atoms with Crippen LogP contribution in [0.4, 0.5) is 4.39 Å². The summed E-state index contributed by atoms with van der Waals surface area (Å²) in [5.41, 5.74) is 0.656. The van der Waals surface area contributed by atoms with E-state index < -0.39 is 11.4 Å². The Bertz CT molecular complexity index is 809. The van der Waals surface area contributed by atoms with Gasteiger partial charge in [-0.25, -0.2) is 14.4 Å². The Labute approximate surface area is 106 Å². The first-order chi connectivity index (χ1) is 9.19. The molecule has 0 fully saturated rings. The molecule has 1 N–H and O–H groups in total. The third-order valence-electron chi connectivity index (χ3n) is 2.70. The number of pyridine rings is 1. The molecule has 0 aromatic carbocycles. The standard InChI is InChI=1S/C12H9FN4O2/c1-19-9-5-15-11(16-12(9)18)8-4-14-10-3-2-7(13)6-17(8)10/h2-6H,1H3,(H,15,16,18). The van der Waals surface area contributed by atoms with Gasteiger partial charge in [-0.15, -0.1) is 0 Å². The summed E-state index contributed by atoms with van der Waals surface area (Å²) in [7, 11) is 1.38. The van der Waals surface area contributed by atoms with Gasteiger partial charge in [0, 0.05) is 6.20 Å². The number of H-pyrrole nitrogens is 1. The minimum Gasteiger partial charge on any atom is -0.490 e. The van der Waals surface area contributed by atoms with E-state index >= 15 is 0 Å². The average molecular weight is 260 g/mol. The lowest BCUT2D eigenvalue weighted by molar-refractivity contribution is 0.406. The van der Waals surface area contributed by atoms with E-state index in [4.69, 9.17) is 4.74 Å². The number of nitrogens with zero attached hydrogens (tertiary/aromatic N) is 3. The Kier molecular flexibility index (Phi) is 2.52. The lowest BCUT2D eigenvalue weighted by Crippen LogP contribution is -2.11. The van der Waals surface area contributed by atoms with Crippen LogP contribution in [0.3, 0.4) is 0 Å². The molecule has 0 unspecified atom stereocenters. The van der Waals surface area contributed by atoms with Crippen molar-refractivity contribution in [2.24, 2.45) is 0 Å². The first kappa shape index (κ1) is 11.4. The Morgan fingerprint density at radius 1 is 1.32 bits per heavy atom. The largest absolute Gasteiger partial charge is 0.490 e. The lowest BCUT2D eigenvalue weighted by atomic mass is 10.4. The number of halogens is 1. The Balaban J connectivity index is 2.21. The van der Waals surface area contributed by atoms with E-state index in [9.17, 15) is 9.18 Å². The van der Waals surface area contributed by atoms with Crippen molar-refractivity contribution < 1.29 is 9.13 Å². The van der Waals surface area contributed by atoms with Crippen LogP contribution in [0.15, 0.2) is 35.5 Å². The summed E-state index contributed by atoms with van der Waals surface area (Å²) in [6, 6.07) is 2.86. The van der Waals surface area contributed by atoms with E-state index in [1.165, 1.54) is 36.2 Å². The molecule has 0 radical (unpaired) electrons. The first-order valence-electron chi connectivity index (χ1n) is 5.45. The minimum absolute atomic E-state index is 0.115. The van der Waals surface area contributed by atoms with E-state index in [1.54, 1.807) is 6.07 Å². The maximum absolute atomic E-state index is 13.2. The molecule has 0 amide bonds. The van der Waals surface area contributed by atoms with E-state index in [0.717, 1.165) is 0 Å². The van der Waals surface area contributed by atoms with Crippen LogP contribution in [-0.4, -0.2) is 26.5 Å². The summed E-state index contributed by atoms with van der Waals surface area (Å²) in [5, 5.41) is 0. The summed E-state index contributed by atoms with van der Waals surface area (Å²) in [4.78, 5) is 22.4. The van der Waals surface area contributed by atoms with E-state index in [-0.39, 0.29) is 5.75 Å². The second-order valence-corrected chi connectivity index (χ2v) is 3.85. The number of ether oxygens (including phenoxy) is 1. The minimum atomic E-state index is -0.404. The van der Waals surface area contributed by atoms with Crippen molar-refractivity contribution in [1.29, 1.82) is 0 Å². The Hall–Kier alpha value is -2.70. The van der Waals surface area contributed by atoms with Crippen molar-refractivity contribution in [2.75, 3.05) is 7.11 Å². The normalized spacial score (nSPS) is 10.8. The summed E-state index contributed by atoms with van der Waals surface area (Å²) in [6.07, 6.45) is 4.11. The Morgan fingerprint density at radius 2 is 2.16 bits per heavy atom. The molecule has 3 aromatic rings. The van der Waals surface area contributed by atoms with E-state index in [0.29, 0.717) is 17.2 Å². The van der Waals surface area contributed by atoms with Crippen LogP contribution >= 0.6 is 0 Å². The van der Waals surface area contributed by atoms with Crippen molar-refractivity contribution >= 4 is 5.65 Å². The van der Waals surface area contributed by atoms with Gasteiger partial charge < -0.3 is 9.72 Å². The van der Waals surface area contributed by atoms with Crippen LogP contribution in [0.25, 0.3) is 17.2 Å². The molecule has 0 bridgehead atoms. The molecule has 7 heteroatoms. The molecule has 0 atom stereocenters. The zero-order valence-electron chi connectivity index (χ0n) is 9.92. The van der Waals surface area contributed by atoms with Gasteiger partial charge in [0.1, 0.15) is 17.2 Å². The smallest absolute Gasteiger partial charge is 0.293 e. The van der Waals surface area contributed by atoms with E-state index in [2.05, 4.69) is 15.0 Å². The van der Waals surface area contributed by atoms with Crippen molar-refractivity contribution in [1.82, 2.24) is 19.4 Å². The quantitative estimate of drug-likeness (QED) is 0.752. The third-order valence-corrected chi connectivity index (χ3v) is 2.70. The molecule has 0 aliphatic heterocycles. The van der Waals surface area contributed by atoms with Crippen molar-refractivity contribution in [3.63, 3.8) is 0 Å². The number of aromatic nitrogens is 4. The molecule has 3 rings (SSSR count). The van der Waals surface area contributed by atoms with Crippen LogP contribution < -0.4 is 10.3 Å². The lowest BCUT2D eigenvalue weighted by Gasteiger charge is -2.02. The zero-order valence-corrected chi connectivity index (χ0v) is 9.92. The summed E-state index contributed by atoms with van der Waals surface area (Å²) in [6.45, 7) is 0. The summed E-state index contributed by atoms with van der Waals surface area (Å²) < 4.78 is 19.6. The molecule has 3 aromatic heterocycles. The average Bonchev–Trinajstić information content (AvgIpc) is 2.81. The highest BCUT2D eigenvalue weighted by molar-refractivity contribution is 5.56. The highest BCUT2D eigenvalue weighted by atomic mass is 19.1. The van der Waals surface area contributed by atoms with Gasteiger partial charge in [-0.3, -0.25) is 9.20 Å². The summed E-state index contributed by atoms with van der Waals surface area (Å²) >= 11 is 0. The Morgan fingerprint density at radius 3 is 2.89 bits per heavy atom. The second kappa shape index (κ2) is 4.20. The number of aromatic amines is 1. The third kappa shape index (κ3) is 1.85. The number of hydrogen-bond donors (Lipinski definition) is 1. The molecule has 0 spiro atoms. The van der Waals surface area contributed by atoms with Crippen LogP contribution in [0, 0.1) is 5.82 Å². The summed E-state index contributed by atoms with van der Waals surface area (Å²) in [5.74, 6) is 0.00950. The molecule has 6 nitrogen and oxygen atoms in total. The van der Waals surface area contributed by atoms with Gasteiger partial charge in [0.2, 0.25) is 5.75 Å². The van der Waals surface area contributed by atoms with Crippen molar-refractivity contribution in [3.05, 3.63) is 46.9 Å². The number of fused-ring (bicyclic) bond motifs is 1. The van der Waals surface area contributed by atoms with Gasteiger partial charge >= 0.3 is 0 Å². The van der Waals surface area contributed by atoms with Crippen molar-refractivity contribution in [3.8, 4) is 17.3 Å². The van der Waals surface area contributed by atoms with Crippen molar-refractivity contribution in [2.45, 2.75) is 0 Å². The molecule has 96 valence electrons. The highest BCUT2D eigenvalue weighted by Gasteiger charge is 2.10. The predicted molar refractivity (Wildman–Crippen MR) is 65.6 cm³/mol. The molecule has 0 aliphatic rings. The number of methoxy groups -OCH3 is 1. The molecular weight excluding hydrogens is 251 g/mol. The van der Waals surface area contributed by atoms with Crippen LogP contribution in [0.2, 0.25) is 0 Å². The number of imidazole rings is 1. The molecular formula is C12H9FN4O2. The SMILES string of the molecule is COc1cnc(-c2cnc3ccc(F)cn23)[nH]c1=O. The maximum Gasteiger partial charge on any atom is 0.293 e. The van der Waals surface area contributed by atoms with Crippen LogP contribution in [0.5, 0.6) is 5.75 Å². The molecule has 0 saturated carbocycles. The number of hydrogen-bond acceptors (Lipinski definition) is 4. The fraction of sp³-hybridized carbons (Fsp3) is 0.0833. The monoisotopic (exact) mass is 260 g/mol. The van der Waals surface area contributed by atoms with Crippen LogP contribution in [0.1, 0.15) is 0 Å². The second-order valence-electron chi connectivity index (χ2n) is 3.85. The van der Waals surface area contributed by atoms with Gasteiger partial charge in [-0.05, 0) is 12.1 Å². The maximum atomic E-state index is 13.2. The van der Waals surface area contributed by atoms with E-state index in [1.807, 2.05) is 0 Å². The highest BCUT2D eigenvalue weighted by Crippen LogP contribution is 2.17. The first-order valence-corrected chi connectivity index (χ1v) is 5.45. The van der Waals surface area contributed by atoms with Crippen LogP contribution in [-0.2, 0) is 0 Å². The zero-order chi connectivity index (χ0) is 13.4.